The summed E-state index contributed by atoms with van der Waals surface area (Å²) in [5.74, 6) is 0. The second-order valence-electron chi connectivity index (χ2n) is 4.42. The first-order valence-electron chi connectivity index (χ1n) is 5.96. The summed E-state index contributed by atoms with van der Waals surface area (Å²) in [6.45, 7) is 3.61. The predicted octanol–water partition coefficient (Wildman–Crippen LogP) is 2.26. The zero-order chi connectivity index (χ0) is 14.7. The lowest BCUT2D eigenvalue weighted by molar-refractivity contribution is -0.384. The maximum Gasteiger partial charge on any atom is 0.271 e. The molecule has 20 heavy (non-hydrogen) atoms. The third kappa shape index (κ3) is 2.97. The van der Waals surface area contributed by atoms with Crippen molar-refractivity contribution in [2.75, 3.05) is 0 Å². The van der Waals surface area contributed by atoms with Crippen LogP contribution in [-0.2, 0) is 0 Å². The summed E-state index contributed by atoms with van der Waals surface area (Å²) in [4.78, 5) is 22.0. The molecule has 2 rings (SSSR count). The fourth-order valence-electron chi connectivity index (χ4n) is 1.85. The van der Waals surface area contributed by atoms with E-state index >= 15 is 0 Å². The fourth-order valence-corrected chi connectivity index (χ4v) is 1.85. The van der Waals surface area contributed by atoms with Gasteiger partial charge in [-0.2, -0.15) is 5.10 Å². The minimum Gasteiger partial charge on any atom is -0.267 e. The van der Waals surface area contributed by atoms with Crippen molar-refractivity contribution in [2.45, 2.75) is 13.8 Å². The Balaban J connectivity index is 2.37. The van der Waals surface area contributed by atoms with Gasteiger partial charge in [0, 0.05) is 29.5 Å². The Morgan fingerprint density at radius 2 is 2.00 bits per heavy atom. The average Bonchev–Trinajstić information content (AvgIpc) is 2.37. The molecule has 102 valence electrons. The molecule has 1 heterocycles. The standard InChI is InChI=1S/C14H13N3O3/c1-10-6-11(2)16(14(18)7-10)15-9-12-4-3-5-13(8-12)17(19)20/h3-9H,1-2H3/b15-9-. The molecule has 0 radical (unpaired) electrons. The van der Waals surface area contributed by atoms with E-state index in [1.165, 1.54) is 29.1 Å². The van der Waals surface area contributed by atoms with Gasteiger partial charge in [0.2, 0.25) is 0 Å². The molecule has 0 spiro atoms. The first-order valence-corrected chi connectivity index (χ1v) is 5.96. The quantitative estimate of drug-likeness (QED) is 0.488. The number of pyridine rings is 1. The lowest BCUT2D eigenvalue weighted by atomic mass is 10.2. The van der Waals surface area contributed by atoms with E-state index in [4.69, 9.17) is 0 Å². The van der Waals surface area contributed by atoms with Gasteiger partial charge in [-0.25, -0.2) is 4.68 Å². The smallest absolute Gasteiger partial charge is 0.267 e. The zero-order valence-corrected chi connectivity index (χ0v) is 11.1. The van der Waals surface area contributed by atoms with Crippen molar-refractivity contribution in [3.63, 3.8) is 0 Å². The lowest BCUT2D eigenvalue weighted by Gasteiger charge is -2.03. The number of nitro groups is 1. The third-order valence-corrected chi connectivity index (χ3v) is 2.73. The van der Waals surface area contributed by atoms with Crippen molar-refractivity contribution in [3.05, 3.63) is 73.7 Å². The number of hydrogen-bond donors (Lipinski definition) is 0. The van der Waals surface area contributed by atoms with Crippen LogP contribution in [0.1, 0.15) is 16.8 Å². The van der Waals surface area contributed by atoms with Crippen LogP contribution < -0.4 is 5.56 Å². The minimum atomic E-state index is -0.472. The van der Waals surface area contributed by atoms with Gasteiger partial charge >= 0.3 is 0 Å². The average molecular weight is 271 g/mol. The van der Waals surface area contributed by atoms with Crippen LogP contribution in [0.3, 0.4) is 0 Å². The lowest BCUT2D eigenvalue weighted by Crippen LogP contribution is -2.18. The van der Waals surface area contributed by atoms with Gasteiger partial charge in [-0.05, 0) is 25.5 Å². The van der Waals surface area contributed by atoms with Gasteiger partial charge in [0.05, 0.1) is 11.1 Å². The number of non-ortho nitro benzene ring substituents is 1. The van der Waals surface area contributed by atoms with Crippen LogP contribution in [-0.4, -0.2) is 15.8 Å². The molecule has 0 aliphatic rings. The van der Waals surface area contributed by atoms with Crippen molar-refractivity contribution in [2.24, 2.45) is 5.10 Å². The van der Waals surface area contributed by atoms with Crippen molar-refractivity contribution in [1.29, 1.82) is 0 Å². The predicted molar refractivity (Wildman–Crippen MR) is 76.3 cm³/mol. The van der Waals surface area contributed by atoms with E-state index in [0.717, 1.165) is 5.56 Å². The maximum atomic E-state index is 11.8. The highest BCUT2D eigenvalue weighted by molar-refractivity contribution is 5.80. The molecule has 0 unspecified atom stereocenters. The Labute approximate surface area is 115 Å². The molecular weight excluding hydrogens is 258 g/mol. The van der Waals surface area contributed by atoms with Crippen molar-refractivity contribution in [3.8, 4) is 0 Å². The highest BCUT2D eigenvalue weighted by Crippen LogP contribution is 2.11. The van der Waals surface area contributed by atoms with Gasteiger partial charge in [0.15, 0.2) is 0 Å². The number of rotatable bonds is 3. The molecule has 1 aromatic carbocycles. The number of aryl methyl sites for hydroxylation is 2. The van der Waals surface area contributed by atoms with Crippen LogP contribution in [0.5, 0.6) is 0 Å². The number of hydrogen-bond acceptors (Lipinski definition) is 4. The first kappa shape index (κ1) is 13.7. The molecule has 0 N–H and O–H groups in total. The second kappa shape index (κ2) is 5.48. The van der Waals surface area contributed by atoms with Gasteiger partial charge in [-0.15, -0.1) is 0 Å². The second-order valence-corrected chi connectivity index (χ2v) is 4.42. The van der Waals surface area contributed by atoms with Crippen LogP contribution in [0.4, 0.5) is 5.69 Å². The van der Waals surface area contributed by atoms with Crippen molar-refractivity contribution < 1.29 is 4.92 Å². The molecule has 0 bridgehead atoms. The normalized spacial score (nSPS) is 10.9. The molecule has 0 amide bonds. The summed E-state index contributed by atoms with van der Waals surface area (Å²) in [7, 11) is 0. The molecule has 0 aliphatic heterocycles. The summed E-state index contributed by atoms with van der Waals surface area (Å²) < 4.78 is 1.26. The summed E-state index contributed by atoms with van der Waals surface area (Å²) >= 11 is 0. The summed E-state index contributed by atoms with van der Waals surface area (Å²) in [5.41, 5.74) is 1.89. The number of aromatic nitrogens is 1. The first-order chi connectivity index (χ1) is 9.47. The molecule has 0 saturated carbocycles. The minimum absolute atomic E-state index is 0.0121. The van der Waals surface area contributed by atoms with Gasteiger partial charge < -0.3 is 0 Å². The van der Waals surface area contributed by atoms with Gasteiger partial charge in [-0.1, -0.05) is 12.1 Å². The Morgan fingerprint density at radius 3 is 2.65 bits per heavy atom. The van der Waals surface area contributed by atoms with E-state index in [9.17, 15) is 14.9 Å². The number of nitrogens with zero attached hydrogens (tertiary/aromatic N) is 3. The summed E-state index contributed by atoms with van der Waals surface area (Å²) in [5, 5.41) is 14.8. The van der Waals surface area contributed by atoms with Crippen LogP contribution in [0.2, 0.25) is 0 Å². The van der Waals surface area contributed by atoms with Gasteiger partial charge in [0.25, 0.3) is 11.2 Å². The fraction of sp³-hybridized carbons (Fsp3) is 0.143. The van der Waals surface area contributed by atoms with E-state index in [2.05, 4.69) is 5.10 Å². The molecule has 0 atom stereocenters. The van der Waals surface area contributed by atoms with E-state index in [1.54, 1.807) is 19.1 Å². The number of nitro benzene ring substituents is 1. The highest BCUT2D eigenvalue weighted by atomic mass is 16.6. The van der Waals surface area contributed by atoms with Crippen LogP contribution in [0, 0.1) is 24.0 Å². The Kier molecular flexibility index (Phi) is 3.74. The van der Waals surface area contributed by atoms with Crippen LogP contribution >= 0.6 is 0 Å². The van der Waals surface area contributed by atoms with Crippen LogP contribution in [0.15, 0.2) is 46.3 Å². The maximum absolute atomic E-state index is 11.8. The molecule has 0 aliphatic carbocycles. The van der Waals surface area contributed by atoms with E-state index in [0.29, 0.717) is 11.3 Å². The molecule has 6 nitrogen and oxygen atoms in total. The monoisotopic (exact) mass is 271 g/mol. The Morgan fingerprint density at radius 1 is 1.25 bits per heavy atom. The molecule has 6 heteroatoms. The molecule has 0 saturated heterocycles. The van der Waals surface area contributed by atoms with E-state index in [-0.39, 0.29) is 11.2 Å². The molecule has 1 aromatic heterocycles. The third-order valence-electron chi connectivity index (χ3n) is 2.73. The van der Waals surface area contributed by atoms with Crippen LogP contribution in [0.25, 0.3) is 0 Å². The highest BCUT2D eigenvalue weighted by Gasteiger charge is 2.04. The SMILES string of the molecule is Cc1cc(C)n(/N=C\c2cccc([N+](=O)[O-])c2)c(=O)c1. The van der Waals surface area contributed by atoms with E-state index in [1.807, 2.05) is 13.0 Å². The topological polar surface area (TPSA) is 77.5 Å². The van der Waals surface area contributed by atoms with Gasteiger partial charge in [-0.3, -0.25) is 14.9 Å². The summed E-state index contributed by atoms with van der Waals surface area (Å²) in [6, 6.07) is 9.39. The van der Waals surface area contributed by atoms with Crippen molar-refractivity contribution >= 4 is 11.9 Å². The molecular formula is C14H13N3O3. The summed E-state index contributed by atoms with van der Waals surface area (Å²) in [6.07, 6.45) is 1.43. The largest absolute Gasteiger partial charge is 0.271 e. The number of benzene rings is 1. The Hall–Kier alpha value is -2.76. The zero-order valence-electron chi connectivity index (χ0n) is 11.1. The van der Waals surface area contributed by atoms with Crippen molar-refractivity contribution in [1.82, 2.24) is 4.68 Å². The van der Waals surface area contributed by atoms with Gasteiger partial charge in [0.1, 0.15) is 0 Å². The molecule has 2 aromatic rings. The Bertz CT molecular complexity index is 748. The molecule has 0 fully saturated rings. The van der Waals surface area contributed by atoms with E-state index < -0.39 is 4.92 Å².